The highest BCUT2D eigenvalue weighted by atomic mass is 31.2. The second-order valence-corrected chi connectivity index (χ2v) is 29.5. The second-order valence-electron chi connectivity index (χ2n) is 28.1. The molecule has 0 spiro atoms. The Hall–Kier alpha value is -2.03. The molecule has 0 aromatic rings. The Bertz CT molecular complexity index is 1660. The van der Waals surface area contributed by atoms with Gasteiger partial charge in [-0.2, -0.15) is 0 Å². The predicted molar refractivity (Wildman–Crippen MR) is 388 cm³/mol. The van der Waals surface area contributed by atoms with Crippen molar-refractivity contribution in [3.05, 3.63) is 48.6 Å². The summed E-state index contributed by atoms with van der Waals surface area (Å²) in [7, 11) is 1.19. The monoisotopic (exact) mass is 1290 g/mol. The Labute approximate surface area is 560 Å². The highest BCUT2D eigenvalue weighted by Crippen LogP contribution is 2.38. The maximum atomic E-state index is 12.9. The van der Waals surface area contributed by atoms with Crippen LogP contribution in [0.15, 0.2) is 48.6 Å². The number of esters is 2. The summed E-state index contributed by atoms with van der Waals surface area (Å²) in [5.74, 6) is -0.806. The molecular formula is C80H152NO8P. The highest BCUT2D eigenvalue weighted by Gasteiger charge is 2.22. The number of hydrogen-bond donors (Lipinski definition) is 0. The summed E-state index contributed by atoms with van der Waals surface area (Å²) < 4.78 is 34.4. The van der Waals surface area contributed by atoms with E-state index in [0.717, 1.165) is 57.8 Å². The minimum Gasteiger partial charge on any atom is -0.756 e. The van der Waals surface area contributed by atoms with Crippen molar-refractivity contribution in [3.63, 3.8) is 0 Å². The molecule has 2 unspecified atom stereocenters. The number of likely N-dealkylation sites (N-methyl/N-ethyl adjacent to an activating group) is 1. The van der Waals surface area contributed by atoms with Crippen LogP contribution >= 0.6 is 7.82 Å². The van der Waals surface area contributed by atoms with Gasteiger partial charge in [-0.1, -0.05) is 383 Å². The minimum atomic E-state index is -4.64. The third-order valence-corrected chi connectivity index (χ3v) is 18.8. The number of quaternary nitrogens is 1. The number of phosphoric ester groups is 1. The molecule has 2 atom stereocenters. The van der Waals surface area contributed by atoms with E-state index in [2.05, 4.69) is 62.5 Å². The molecule has 0 radical (unpaired) electrons. The Balaban J connectivity index is 3.89. The first kappa shape index (κ1) is 88.0. The summed E-state index contributed by atoms with van der Waals surface area (Å²) in [5, 5.41) is 0. The van der Waals surface area contributed by atoms with Crippen LogP contribution in [0.5, 0.6) is 0 Å². The largest absolute Gasteiger partial charge is 0.756 e. The zero-order valence-corrected chi connectivity index (χ0v) is 61.5. The van der Waals surface area contributed by atoms with Crippen LogP contribution in [0, 0.1) is 0 Å². The SMILES string of the molecule is CC/C=C\C/C=C\C/C=C\C/C=C\CCCCCCCCCCCCCCCCCCCCCCCCCCCCC(=O)OC(COC(=O)CCCCCCCCCCCCCCCCCCCCCCCCCCCCC)COP(=O)([O-])OCC[N+](C)(C)C. The van der Waals surface area contributed by atoms with Gasteiger partial charge in [0.05, 0.1) is 27.7 Å². The number of allylic oxidation sites excluding steroid dienone is 8. The first-order valence-electron chi connectivity index (χ1n) is 39.3. The van der Waals surface area contributed by atoms with Crippen molar-refractivity contribution in [3.8, 4) is 0 Å². The van der Waals surface area contributed by atoms with Crippen LogP contribution in [-0.2, 0) is 32.7 Å². The fraction of sp³-hybridized carbons (Fsp3) is 0.875. The quantitative estimate of drug-likeness (QED) is 0.0195. The van der Waals surface area contributed by atoms with Gasteiger partial charge in [-0.05, 0) is 51.4 Å². The molecule has 0 N–H and O–H groups in total. The number of carbonyl (C=O) groups is 2. The fourth-order valence-electron chi connectivity index (χ4n) is 11.9. The fourth-order valence-corrected chi connectivity index (χ4v) is 12.6. The molecule has 0 aliphatic rings. The summed E-state index contributed by atoms with van der Waals surface area (Å²) in [4.78, 5) is 38.1. The lowest BCUT2D eigenvalue weighted by Crippen LogP contribution is -2.37. The number of carbonyl (C=O) groups excluding carboxylic acids is 2. The summed E-state index contributed by atoms with van der Waals surface area (Å²) in [6.45, 7) is 4.21. The Kier molecular flexibility index (Phi) is 69.7. The molecule has 0 saturated heterocycles. The summed E-state index contributed by atoms with van der Waals surface area (Å²) in [6.07, 6.45) is 93.8. The highest BCUT2D eigenvalue weighted by molar-refractivity contribution is 7.45. The Morgan fingerprint density at radius 2 is 0.633 bits per heavy atom. The smallest absolute Gasteiger partial charge is 0.306 e. The molecule has 0 rings (SSSR count). The summed E-state index contributed by atoms with van der Waals surface area (Å²) >= 11 is 0. The van der Waals surface area contributed by atoms with Gasteiger partial charge in [0, 0.05) is 12.8 Å². The van der Waals surface area contributed by atoms with Crippen LogP contribution in [0.4, 0.5) is 0 Å². The number of nitrogens with zero attached hydrogens (tertiary/aromatic N) is 1. The van der Waals surface area contributed by atoms with Crippen LogP contribution in [0.1, 0.15) is 399 Å². The summed E-state index contributed by atoms with van der Waals surface area (Å²) in [6, 6.07) is 0. The topological polar surface area (TPSA) is 111 Å². The van der Waals surface area contributed by atoms with Gasteiger partial charge in [-0.3, -0.25) is 14.2 Å². The van der Waals surface area contributed by atoms with Gasteiger partial charge in [0.1, 0.15) is 19.8 Å². The van der Waals surface area contributed by atoms with Crippen LogP contribution in [0.25, 0.3) is 0 Å². The first-order chi connectivity index (χ1) is 44.0. The molecule has 530 valence electrons. The van der Waals surface area contributed by atoms with Gasteiger partial charge in [-0.25, -0.2) is 0 Å². The zero-order chi connectivity index (χ0) is 65.5. The standard InChI is InChI=1S/C80H152NO8P/c1-6-8-10-12-14-16-18-20-22-24-26-28-30-32-34-35-36-37-38-39-40-41-42-43-44-45-47-49-51-53-55-57-59-61-63-65-67-69-71-73-80(83)89-78(77-88-90(84,85)87-75-74-81(3,4)5)76-86-79(82)72-70-68-66-64-62-60-58-56-54-52-50-48-46-33-31-29-27-25-23-21-19-17-15-13-11-9-7-2/h8,10,14,16,20,22,26,28,78H,6-7,9,11-13,15,17-19,21,23-25,27,29-77H2,1-5H3/b10-8-,16-14-,22-20-,28-26-. The van der Waals surface area contributed by atoms with Gasteiger partial charge in [0.2, 0.25) is 0 Å². The second kappa shape index (κ2) is 71.3. The maximum Gasteiger partial charge on any atom is 0.306 e. The molecule has 0 heterocycles. The lowest BCUT2D eigenvalue weighted by molar-refractivity contribution is -0.870. The molecule has 10 heteroatoms. The molecule has 0 aromatic carbocycles. The van der Waals surface area contributed by atoms with E-state index in [0.29, 0.717) is 17.4 Å². The number of hydrogen-bond acceptors (Lipinski definition) is 8. The molecule has 0 aromatic heterocycles. The third kappa shape index (κ3) is 75.0. The Morgan fingerprint density at radius 1 is 0.356 bits per heavy atom. The molecule has 0 saturated carbocycles. The number of ether oxygens (including phenoxy) is 2. The molecule has 0 aliphatic carbocycles. The number of rotatable bonds is 74. The van der Waals surface area contributed by atoms with Crippen molar-refractivity contribution in [2.24, 2.45) is 0 Å². The third-order valence-electron chi connectivity index (χ3n) is 17.9. The van der Waals surface area contributed by atoms with E-state index in [1.807, 2.05) is 21.1 Å². The van der Waals surface area contributed by atoms with Gasteiger partial charge in [-0.15, -0.1) is 0 Å². The van der Waals surface area contributed by atoms with Crippen molar-refractivity contribution >= 4 is 19.8 Å². The normalized spacial score (nSPS) is 13.3. The van der Waals surface area contributed by atoms with Gasteiger partial charge >= 0.3 is 11.9 Å². The van der Waals surface area contributed by atoms with Gasteiger partial charge in [0.15, 0.2) is 6.10 Å². The van der Waals surface area contributed by atoms with Crippen molar-refractivity contribution in [1.82, 2.24) is 0 Å². The molecule has 90 heavy (non-hydrogen) atoms. The summed E-state index contributed by atoms with van der Waals surface area (Å²) in [5.41, 5.74) is 0. The van der Waals surface area contributed by atoms with Crippen LogP contribution in [0.3, 0.4) is 0 Å². The van der Waals surface area contributed by atoms with Crippen molar-refractivity contribution in [2.75, 3.05) is 47.5 Å². The van der Waals surface area contributed by atoms with E-state index in [1.165, 1.54) is 308 Å². The predicted octanol–water partition coefficient (Wildman–Crippen LogP) is 25.3. The minimum absolute atomic E-state index is 0.0270. The van der Waals surface area contributed by atoms with E-state index in [1.54, 1.807) is 0 Å². The lowest BCUT2D eigenvalue weighted by atomic mass is 10.0. The van der Waals surface area contributed by atoms with E-state index in [9.17, 15) is 19.0 Å². The average molecular weight is 1290 g/mol. The van der Waals surface area contributed by atoms with E-state index in [4.69, 9.17) is 18.5 Å². The van der Waals surface area contributed by atoms with Gasteiger partial charge < -0.3 is 27.9 Å². The molecular weight excluding hydrogens is 1130 g/mol. The lowest BCUT2D eigenvalue weighted by Gasteiger charge is -2.28. The molecule has 9 nitrogen and oxygen atoms in total. The van der Waals surface area contributed by atoms with Crippen molar-refractivity contribution in [2.45, 2.75) is 405 Å². The van der Waals surface area contributed by atoms with Gasteiger partial charge in [0.25, 0.3) is 7.82 Å². The molecule has 0 amide bonds. The molecule has 0 fully saturated rings. The molecule has 0 aliphatic heterocycles. The van der Waals surface area contributed by atoms with E-state index in [-0.39, 0.29) is 32.0 Å². The Morgan fingerprint density at radius 3 is 0.944 bits per heavy atom. The average Bonchev–Trinajstić information content (AvgIpc) is 3.58. The van der Waals surface area contributed by atoms with E-state index >= 15 is 0 Å². The first-order valence-corrected chi connectivity index (χ1v) is 40.8. The van der Waals surface area contributed by atoms with Crippen LogP contribution in [0.2, 0.25) is 0 Å². The number of unbranched alkanes of at least 4 members (excludes halogenated alkanes) is 52. The van der Waals surface area contributed by atoms with Crippen molar-refractivity contribution in [1.29, 1.82) is 0 Å². The molecule has 0 bridgehead atoms. The van der Waals surface area contributed by atoms with Crippen molar-refractivity contribution < 1.29 is 42.1 Å². The zero-order valence-electron chi connectivity index (χ0n) is 60.6. The van der Waals surface area contributed by atoms with E-state index < -0.39 is 26.5 Å². The number of phosphoric acid groups is 1. The van der Waals surface area contributed by atoms with Crippen LogP contribution < -0.4 is 4.89 Å². The maximum absolute atomic E-state index is 12.9. The van der Waals surface area contributed by atoms with Crippen LogP contribution in [-0.4, -0.2) is 70.0 Å².